The van der Waals surface area contributed by atoms with Crippen LogP contribution in [0.1, 0.15) is 17.0 Å². The number of amides is 2. The SMILES string of the molecule is COC(CNC(=O)OCC1c2ccccc2-c2ccccc21)C(=O)N1CSC[C@H]1C(=O)O. The van der Waals surface area contributed by atoms with Crippen molar-refractivity contribution >= 4 is 29.7 Å². The van der Waals surface area contributed by atoms with Gasteiger partial charge in [-0.25, -0.2) is 9.59 Å². The van der Waals surface area contributed by atoms with E-state index in [0.29, 0.717) is 5.75 Å². The van der Waals surface area contributed by atoms with Gasteiger partial charge in [0.15, 0.2) is 6.10 Å². The minimum absolute atomic E-state index is 0.0639. The van der Waals surface area contributed by atoms with Crippen molar-refractivity contribution in [3.8, 4) is 11.1 Å². The van der Waals surface area contributed by atoms with Crippen molar-refractivity contribution < 1.29 is 29.0 Å². The highest BCUT2D eigenvalue weighted by Gasteiger charge is 2.38. The van der Waals surface area contributed by atoms with E-state index in [1.54, 1.807) is 0 Å². The second-order valence-corrected chi connectivity index (χ2v) is 8.59. The third-order valence-corrected chi connectivity index (χ3v) is 6.80. The standard InChI is InChI=1S/C23H24N2O6S/c1-30-20(21(26)25-13-32-12-19(25)22(27)28)10-24-23(29)31-11-18-16-8-4-2-6-14(16)15-7-3-5-9-17(15)18/h2-9,18-20H,10-13H2,1H3,(H,24,29)(H,27,28)/t19-,20?/m0/s1. The highest BCUT2D eigenvalue weighted by atomic mass is 32.2. The Hall–Kier alpha value is -3.04. The zero-order valence-electron chi connectivity index (χ0n) is 17.5. The van der Waals surface area contributed by atoms with Gasteiger partial charge in [0.25, 0.3) is 5.91 Å². The summed E-state index contributed by atoms with van der Waals surface area (Å²) in [6, 6.07) is 15.2. The third kappa shape index (κ3) is 4.31. The molecule has 1 aliphatic heterocycles. The van der Waals surface area contributed by atoms with Gasteiger partial charge in [0.2, 0.25) is 0 Å². The van der Waals surface area contributed by atoms with Gasteiger partial charge in [0, 0.05) is 18.8 Å². The van der Waals surface area contributed by atoms with Crippen LogP contribution in [-0.2, 0) is 19.1 Å². The molecule has 1 aliphatic carbocycles. The van der Waals surface area contributed by atoms with Crippen molar-refractivity contribution in [2.75, 3.05) is 31.9 Å². The number of fused-ring (bicyclic) bond motifs is 3. The Morgan fingerprint density at radius 2 is 1.75 bits per heavy atom. The molecular weight excluding hydrogens is 432 g/mol. The van der Waals surface area contributed by atoms with E-state index in [0.717, 1.165) is 22.3 Å². The Kier molecular flexibility index (Phi) is 6.66. The quantitative estimate of drug-likeness (QED) is 0.660. The van der Waals surface area contributed by atoms with E-state index in [2.05, 4.69) is 17.4 Å². The number of nitrogens with one attached hydrogen (secondary N) is 1. The van der Waals surface area contributed by atoms with Crippen molar-refractivity contribution in [1.82, 2.24) is 10.2 Å². The first-order chi connectivity index (χ1) is 15.5. The van der Waals surface area contributed by atoms with Crippen LogP contribution in [0.2, 0.25) is 0 Å². The van der Waals surface area contributed by atoms with E-state index in [4.69, 9.17) is 9.47 Å². The molecule has 0 bridgehead atoms. The molecule has 2 aromatic carbocycles. The molecule has 2 aromatic rings. The molecule has 2 aliphatic rings. The maximum atomic E-state index is 12.7. The first kappa shape index (κ1) is 22.2. The van der Waals surface area contributed by atoms with Crippen LogP contribution < -0.4 is 5.32 Å². The first-order valence-corrected chi connectivity index (χ1v) is 11.4. The number of carboxylic acids is 1. The zero-order chi connectivity index (χ0) is 22.7. The Morgan fingerprint density at radius 1 is 1.12 bits per heavy atom. The van der Waals surface area contributed by atoms with Gasteiger partial charge in [-0.1, -0.05) is 48.5 Å². The molecule has 4 rings (SSSR count). The summed E-state index contributed by atoms with van der Waals surface area (Å²) in [5, 5.41) is 11.8. The van der Waals surface area contributed by atoms with Crippen molar-refractivity contribution in [2.24, 2.45) is 0 Å². The lowest BCUT2D eigenvalue weighted by Gasteiger charge is -2.25. The molecule has 0 radical (unpaired) electrons. The van der Waals surface area contributed by atoms with Crippen LogP contribution in [0.3, 0.4) is 0 Å². The second kappa shape index (κ2) is 9.62. The number of methoxy groups -OCH3 is 1. The molecule has 8 nitrogen and oxygen atoms in total. The van der Waals surface area contributed by atoms with E-state index in [1.807, 2.05) is 36.4 Å². The average molecular weight is 457 g/mol. The minimum Gasteiger partial charge on any atom is -0.480 e. The van der Waals surface area contributed by atoms with E-state index in [-0.39, 0.29) is 24.9 Å². The summed E-state index contributed by atoms with van der Waals surface area (Å²) in [5.74, 6) is -0.977. The Morgan fingerprint density at radius 3 is 2.34 bits per heavy atom. The summed E-state index contributed by atoms with van der Waals surface area (Å²) in [6.07, 6.45) is -1.65. The highest BCUT2D eigenvalue weighted by Crippen LogP contribution is 2.44. The summed E-state index contributed by atoms with van der Waals surface area (Å²) < 4.78 is 10.7. The molecule has 2 N–H and O–H groups in total. The number of carboxylic acid groups (broad SMARTS) is 1. The van der Waals surface area contributed by atoms with Crippen LogP contribution >= 0.6 is 11.8 Å². The minimum atomic E-state index is -1.05. The van der Waals surface area contributed by atoms with Crippen LogP contribution in [-0.4, -0.2) is 72.0 Å². The average Bonchev–Trinajstić information content (AvgIpc) is 3.41. The summed E-state index contributed by atoms with van der Waals surface area (Å²) >= 11 is 1.37. The van der Waals surface area contributed by atoms with Crippen LogP contribution in [0.5, 0.6) is 0 Å². The molecule has 0 saturated carbocycles. The number of hydrogen-bond donors (Lipinski definition) is 2. The summed E-state index contributed by atoms with van der Waals surface area (Å²) in [4.78, 5) is 37.6. The predicted octanol–water partition coefficient (Wildman–Crippen LogP) is 2.53. The lowest BCUT2D eigenvalue weighted by molar-refractivity contribution is -0.152. The number of ether oxygens (including phenoxy) is 2. The Labute approximate surface area is 189 Å². The summed E-state index contributed by atoms with van der Waals surface area (Å²) in [6.45, 7) is 0.0504. The van der Waals surface area contributed by atoms with E-state index < -0.39 is 30.1 Å². The van der Waals surface area contributed by atoms with Gasteiger partial charge >= 0.3 is 12.1 Å². The highest BCUT2D eigenvalue weighted by molar-refractivity contribution is 7.99. The largest absolute Gasteiger partial charge is 0.480 e. The number of carbonyl (C=O) groups excluding carboxylic acids is 2. The normalized spacial score (nSPS) is 18.0. The van der Waals surface area contributed by atoms with Crippen molar-refractivity contribution in [3.05, 3.63) is 59.7 Å². The van der Waals surface area contributed by atoms with Crippen LogP contribution in [0.15, 0.2) is 48.5 Å². The molecule has 2 amide bonds. The number of aliphatic carboxylic acids is 1. The molecule has 9 heteroatoms. The molecule has 32 heavy (non-hydrogen) atoms. The zero-order valence-corrected chi connectivity index (χ0v) is 18.3. The van der Waals surface area contributed by atoms with Gasteiger partial charge < -0.3 is 24.8 Å². The van der Waals surface area contributed by atoms with Gasteiger partial charge in [-0.3, -0.25) is 4.79 Å². The monoisotopic (exact) mass is 456 g/mol. The van der Waals surface area contributed by atoms with E-state index in [9.17, 15) is 19.5 Å². The maximum absolute atomic E-state index is 12.7. The van der Waals surface area contributed by atoms with Crippen molar-refractivity contribution in [3.63, 3.8) is 0 Å². The fraction of sp³-hybridized carbons (Fsp3) is 0.348. The molecule has 1 heterocycles. The lowest BCUT2D eigenvalue weighted by Crippen LogP contribution is -2.50. The molecule has 2 atom stereocenters. The smallest absolute Gasteiger partial charge is 0.407 e. The number of rotatable bonds is 7. The second-order valence-electron chi connectivity index (χ2n) is 7.59. The number of alkyl carbamates (subject to hydrolysis) is 1. The fourth-order valence-corrected chi connectivity index (χ4v) is 5.30. The Balaban J connectivity index is 1.34. The number of carbonyl (C=O) groups is 3. The number of nitrogens with zero attached hydrogens (tertiary/aromatic N) is 1. The predicted molar refractivity (Wildman–Crippen MR) is 119 cm³/mol. The van der Waals surface area contributed by atoms with Gasteiger partial charge in [-0.2, -0.15) is 0 Å². The number of thioether (sulfide) groups is 1. The van der Waals surface area contributed by atoms with Crippen LogP contribution in [0, 0.1) is 0 Å². The van der Waals surface area contributed by atoms with Crippen LogP contribution in [0.4, 0.5) is 4.79 Å². The van der Waals surface area contributed by atoms with Gasteiger partial charge in [-0.05, 0) is 22.3 Å². The molecular formula is C23H24N2O6S. The third-order valence-electron chi connectivity index (χ3n) is 5.79. The summed E-state index contributed by atoms with van der Waals surface area (Å²) in [7, 11) is 1.35. The number of benzene rings is 2. The number of hydrogen-bond acceptors (Lipinski definition) is 6. The molecule has 0 spiro atoms. The fourth-order valence-electron chi connectivity index (χ4n) is 4.15. The van der Waals surface area contributed by atoms with Gasteiger partial charge in [0.1, 0.15) is 12.6 Å². The Bertz CT molecular complexity index is 984. The van der Waals surface area contributed by atoms with E-state index in [1.165, 1.54) is 23.8 Å². The van der Waals surface area contributed by atoms with Crippen LogP contribution in [0.25, 0.3) is 11.1 Å². The van der Waals surface area contributed by atoms with Gasteiger partial charge in [-0.15, -0.1) is 11.8 Å². The molecule has 168 valence electrons. The molecule has 1 saturated heterocycles. The van der Waals surface area contributed by atoms with E-state index >= 15 is 0 Å². The maximum Gasteiger partial charge on any atom is 0.407 e. The lowest BCUT2D eigenvalue weighted by atomic mass is 9.98. The van der Waals surface area contributed by atoms with Crippen molar-refractivity contribution in [2.45, 2.75) is 18.1 Å². The molecule has 0 aromatic heterocycles. The van der Waals surface area contributed by atoms with Crippen molar-refractivity contribution in [1.29, 1.82) is 0 Å². The van der Waals surface area contributed by atoms with Gasteiger partial charge in [0.05, 0.1) is 12.4 Å². The molecule has 1 unspecified atom stereocenters. The molecule has 1 fully saturated rings. The first-order valence-electron chi connectivity index (χ1n) is 10.2. The summed E-state index contributed by atoms with van der Waals surface area (Å²) in [5.41, 5.74) is 4.49. The topological polar surface area (TPSA) is 105 Å².